The highest BCUT2D eigenvalue weighted by molar-refractivity contribution is 7.26. The Morgan fingerprint density at radius 2 is 0.857 bits per heavy atom. The van der Waals surface area contributed by atoms with E-state index in [-0.39, 0.29) is 0 Å². The van der Waals surface area contributed by atoms with Crippen LogP contribution in [0.5, 0.6) is 0 Å². The van der Waals surface area contributed by atoms with E-state index in [1.807, 2.05) is 18.2 Å². The summed E-state index contributed by atoms with van der Waals surface area (Å²) in [5, 5.41) is 12.5. The van der Waals surface area contributed by atoms with Crippen LogP contribution in [0.1, 0.15) is 0 Å². The van der Waals surface area contributed by atoms with Crippen molar-refractivity contribution in [2.75, 3.05) is 0 Å². The summed E-state index contributed by atoms with van der Waals surface area (Å²) in [6, 6.07) is 65.0. The van der Waals surface area contributed by atoms with E-state index in [4.69, 9.17) is 15.0 Å². The molecule has 0 radical (unpaired) electrons. The Morgan fingerprint density at radius 3 is 1.54 bits per heavy atom. The van der Waals surface area contributed by atoms with Gasteiger partial charge in [0.05, 0.1) is 11.0 Å². The van der Waals surface area contributed by atoms with Crippen LogP contribution in [-0.2, 0) is 0 Å². The Bertz CT molecular complexity index is 3460. The van der Waals surface area contributed by atoms with Crippen LogP contribution in [-0.4, -0.2) is 19.5 Å². The number of rotatable bonds is 4. The minimum absolute atomic E-state index is 0.600. The zero-order chi connectivity index (χ0) is 36.7. The summed E-state index contributed by atoms with van der Waals surface area (Å²) in [5.74, 6) is 1.90. The van der Waals surface area contributed by atoms with E-state index in [1.54, 1.807) is 11.3 Å². The smallest absolute Gasteiger partial charge is 0.238 e. The Kier molecular flexibility index (Phi) is 6.76. The molecule has 0 aliphatic carbocycles. The molecule has 260 valence electrons. The molecule has 0 fully saturated rings. The van der Waals surface area contributed by atoms with Gasteiger partial charge in [0, 0.05) is 42.1 Å². The van der Waals surface area contributed by atoms with Gasteiger partial charge in [-0.05, 0) is 73.8 Å². The van der Waals surface area contributed by atoms with Crippen LogP contribution in [0.15, 0.2) is 182 Å². The quantitative estimate of drug-likeness (QED) is 0.169. The average Bonchev–Trinajstić information content (AvgIpc) is 3.82. The number of hydrogen-bond donors (Lipinski definition) is 0. The van der Waals surface area contributed by atoms with Crippen LogP contribution < -0.4 is 0 Å². The van der Waals surface area contributed by atoms with Gasteiger partial charge in [-0.1, -0.05) is 152 Å². The molecule has 0 aliphatic rings. The highest BCUT2D eigenvalue weighted by Gasteiger charge is 2.20. The largest absolute Gasteiger partial charge is 0.278 e. The van der Waals surface area contributed by atoms with Crippen molar-refractivity contribution in [3.63, 3.8) is 0 Å². The van der Waals surface area contributed by atoms with Gasteiger partial charge in [0.1, 0.15) is 0 Å². The lowest BCUT2D eigenvalue weighted by Gasteiger charge is -2.12. The van der Waals surface area contributed by atoms with Crippen molar-refractivity contribution < 1.29 is 0 Å². The van der Waals surface area contributed by atoms with Gasteiger partial charge in [0.25, 0.3) is 0 Å². The fraction of sp³-hybridized carbons (Fsp3) is 0. The number of nitrogens with zero attached hydrogens (tertiary/aromatic N) is 4. The SMILES string of the molecule is c1ccc(-c2nc(-c3cccc4c3sc3cc(-c5ccc6c7ccccc7c7ccccc7c6c5)ccc34)nc(-n3c4ccccc4c4ccccc43)n2)cc1. The van der Waals surface area contributed by atoms with Crippen LogP contribution in [0, 0.1) is 0 Å². The molecule has 3 heterocycles. The number of fused-ring (bicyclic) bond motifs is 12. The normalized spacial score (nSPS) is 11.9. The number of hydrogen-bond acceptors (Lipinski definition) is 4. The monoisotopic (exact) mass is 730 g/mol. The molecule has 0 bridgehead atoms. The lowest BCUT2D eigenvalue weighted by atomic mass is 9.92. The van der Waals surface area contributed by atoms with Crippen molar-refractivity contribution in [1.82, 2.24) is 19.5 Å². The molecule has 0 amide bonds. The van der Waals surface area contributed by atoms with Gasteiger partial charge in [-0.2, -0.15) is 9.97 Å². The van der Waals surface area contributed by atoms with Gasteiger partial charge in [0.15, 0.2) is 11.6 Å². The first kappa shape index (κ1) is 31.2. The molecule has 0 atom stereocenters. The summed E-state index contributed by atoms with van der Waals surface area (Å²) in [6.07, 6.45) is 0. The van der Waals surface area contributed by atoms with Crippen LogP contribution in [0.25, 0.3) is 114 Å². The van der Waals surface area contributed by atoms with Gasteiger partial charge in [-0.25, -0.2) is 4.98 Å². The number of aromatic nitrogens is 4. The number of thiophene rings is 1. The summed E-state index contributed by atoms with van der Waals surface area (Å²) in [5.41, 5.74) is 6.47. The Balaban J connectivity index is 1.05. The topological polar surface area (TPSA) is 43.6 Å². The van der Waals surface area contributed by atoms with E-state index in [9.17, 15) is 0 Å². The molecule has 0 spiro atoms. The lowest BCUT2D eigenvalue weighted by Crippen LogP contribution is -2.06. The van der Waals surface area contributed by atoms with Crippen LogP contribution >= 0.6 is 11.3 Å². The molecule has 3 aromatic heterocycles. The van der Waals surface area contributed by atoms with E-state index in [0.29, 0.717) is 17.6 Å². The molecule has 12 aromatic rings. The maximum atomic E-state index is 5.28. The summed E-state index contributed by atoms with van der Waals surface area (Å²) < 4.78 is 4.57. The summed E-state index contributed by atoms with van der Waals surface area (Å²) in [4.78, 5) is 15.6. The predicted octanol–water partition coefficient (Wildman–Crippen LogP) is 13.8. The van der Waals surface area contributed by atoms with Crippen LogP contribution in [0.3, 0.4) is 0 Å². The first-order valence-corrected chi connectivity index (χ1v) is 19.7. The first-order valence-electron chi connectivity index (χ1n) is 18.9. The van der Waals surface area contributed by atoms with E-state index in [2.05, 4.69) is 168 Å². The van der Waals surface area contributed by atoms with Crippen molar-refractivity contribution >= 4 is 85.6 Å². The molecule has 9 aromatic carbocycles. The zero-order valence-electron chi connectivity index (χ0n) is 30.0. The van der Waals surface area contributed by atoms with Crippen molar-refractivity contribution in [3.05, 3.63) is 182 Å². The number of para-hydroxylation sites is 2. The molecule has 56 heavy (non-hydrogen) atoms. The average molecular weight is 731 g/mol. The third kappa shape index (κ3) is 4.68. The first-order chi connectivity index (χ1) is 27.8. The molecule has 0 saturated carbocycles. The Hall–Kier alpha value is -7.21. The van der Waals surface area contributed by atoms with Crippen molar-refractivity contribution in [1.29, 1.82) is 0 Å². The second-order valence-electron chi connectivity index (χ2n) is 14.4. The lowest BCUT2D eigenvalue weighted by molar-refractivity contribution is 0.954. The Morgan fingerprint density at radius 1 is 0.339 bits per heavy atom. The Labute approximate surface area is 325 Å². The van der Waals surface area contributed by atoms with E-state index in [0.717, 1.165) is 26.9 Å². The van der Waals surface area contributed by atoms with Gasteiger partial charge in [-0.15, -0.1) is 11.3 Å². The maximum Gasteiger partial charge on any atom is 0.238 e. The molecule has 0 unspecified atom stereocenters. The van der Waals surface area contributed by atoms with Crippen molar-refractivity contribution in [2.45, 2.75) is 0 Å². The molecular formula is C51H30N4S. The summed E-state index contributed by atoms with van der Waals surface area (Å²) in [7, 11) is 0. The van der Waals surface area contributed by atoms with E-state index < -0.39 is 0 Å². The fourth-order valence-electron chi connectivity index (χ4n) is 8.68. The molecule has 5 heteroatoms. The maximum absolute atomic E-state index is 5.28. The van der Waals surface area contributed by atoms with Crippen LogP contribution in [0.2, 0.25) is 0 Å². The summed E-state index contributed by atoms with van der Waals surface area (Å²) >= 11 is 1.80. The predicted molar refractivity (Wildman–Crippen MR) is 236 cm³/mol. The minimum atomic E-state index is 0.600. The molecule has 0 aliphatic heterocycles. The minimum Gasteiger partial charge on any atom is -0.278 e. The zero-order valence-corrected chi connectivity index (χ0v) is 30.8. The van der Waals surface area contributed by atoms with E-state index >= 15 is 0 Å². The fourth-order valence-corrected chi connectivity index (χ4v) is 9.93. The second kappa shape index (κ2) is 12.2. The number of benzene rings is 9. The molecule has 0 N–H and O–H groups in total. The van der Waals surface area contributed by atoms with Gasteiger partial charge >= 0.3 is 0 Å². The summed E-state index contributed by atoms with van der Waals surface area (Å²) in [6.45, 7) is 0. The van der Waals surface area contributed by atoms with Crippen molar-refractivity contribution in [2.24, 2.45) is 0 Å². The highest BCUT2D eigenvalue weighted by atomic mass is 32.1. The molecule has 0 saturated heterocycles. The third-order valence-corrected chi connectivity index (χ3v) is 12.5. The third-order valence-electron chi connectivity index (χ3n) is 11.3. The van der Waals surface area contributed by atoms with Gasteiger partial charge in [-0.3, -0.25) is 4.57 Å². The molecule has 4 nitrogen and oxygen atoms in total. The van der Waals surface area contributed by atoms with Crippen LogP contribution in [0.4, 0.5) is 0 Å². The van der Waals surface area contributed by atoms with Crippen molar-refractivity contribution in [3.8, 4) is 39.9 Å². The molecule has 12 rings (SSSR count). The van der Waals surface area contributed by atoms with E-state index in [1.165, 1.54) is 69.7 Å². The standard InChI is InChI=1S/C51H30N4S/c1-2-13-31(14-3-1)49-52-50(54-51(53-49)55-45-23-10-8-19-39(45)40-20-9-11-24-46(40)55)43-22-12-21-42-41-28-26-33(30-47(41)56-48(42)43)32-25-27-38-36-17-5-4-15-34(36)35-16-6-7-18-37(35)44(38)29-32/h1-30H. The van der Waals surface area contributed by atoms with Gasteiger partial charge in [0.2, 0.25) is 5.95 Å². The molecular weight excluding hydrogens is 701 g/mol. The van der Waals surface area contributed by atoms with Gasteiger partial charge < -0.3 is 0 Å². The highest BCUT2D eigenvalue weighted by Crippen LogP contribution is 2.43. The second-order valence-corrected chi connectivity index (χ2v) is 15.4.